The summed E-state index contributed by atoms with van der Waals surface area (Å²) < 4.78 is 39.1. The molecule has 0 spiro atoms. The van der Waals surface area contributed by atoms with E-state index < -0.39 is 18.2 Å². The maximum atomic E-state index is 14.4. The van der Waals surface area contributed by atoms with E-state index in [1.807, 2.05) is 12.1 Å². The fourth-order valence-electron chi connectivity index (χ4n) is 2.56. The quantitative estimate of drug-likeness (QED) is 0.877. The van der Waals surface area contributed by atoms with E-state index >= 15 is 0 Å². The van der Waals surface area contributed by atoms with E-state index in [0.29, 0.717) is 5.56 Å². The highest BCUT2D eigenvalue weighted by Crippen LogP contribution is 2.47. The highest BCUT2D eigenvalue weighted by Gasteiger charge is 2.32. The van der Waals surface area contributed by atoms with Crippen LogP contribution in [-0.4, -0.2) is 12.2 Å². The molecule has 1 aliphatic rings. The molecule has 0 bridgehead atoms. The van der Waals surface area contributed by atoms with Crippen LogP contribution >= 0.6 is 0 Å². The van der Waals surface area contributed by atoms with Crippen LogP contribution < -0.4 is 9.47 Å². The second-order valence-electron chi connectivity index (χ2n) is 5.63. The van der Waals surface area contributed by atoms with Crippen molar-refractivity contribution < 1.29 is 23.4 Å². The summed E-state index contributed by atoms with van der Waals surface area (Å²) in [4.78, 5) is 0. The average Bonchev–Trinajstić information content (AvgIpc) is 3.38. The molecular weight excluding hydrogens is 302 g/mol. The number of methoxy groups -OCH3 is 1. The van der Waals surface area contributed by atoms with E-state index in [-0.39, 0.29) is 23.8 Å². The number of hydrogen-bond donors (Lipinski definition) is 1. The molecule has 3 nitrogen and oxygen atoms in total. The Kier molecular flexibility index (Phi) is 4.48. The van der Waals surface area contributed by atoms with Crippen LogP contribution in [0.4, 0.5) is 8.78 Å². The molecule has 0 amide bonds. The molecule has 122 valence electrons. The Labute approximate surface area is 133 Å². The third-order valence-electron chi connectivity index (χ3n) is 4.01. The molecule has 0 saturated heterocycles. The molecule has 0 unspecified atom stereocenters. The summed E-state index contributed by atoms with van der Waals surface area (Å²) in [7, 11) is 1.59. The lowest BCUT2D eigenvalue weighted by molar-refractivity contribution is 0.264. The van der Waals surface area contributed by atoms with E-state index in [9.17, 15) is 8.78 Å². The van der Waals surface area contributed by atoms with Crippen molar-refractivity contribution in [3.63, 3.8) is 0 Å². The summed E-state index contributed by atoms with van der Waals surface area (Å²) in [5, 5.41) is 9.14. The third kappa shape index (κ3) is 3.29. The van der Waals surface area contributed by atoms with E-state index in [1.54, 1.807) is 19.2 Å². The summed E-state index contributed by atoms with van der Waals surface area (Å²) in [5.41, 5.74) is 0.965. The SMILES string of the molecule is COc1ccc(COc2cc(F)c(CO)c(F)c2C2CC2)cc1. The maximum absolute atomic E-state index is 14.4. The van der Waals surface area contributed by atoms with Crippen molar-refractivity contribution in [2.24, 2.45) is 0 Å². The van der Waals surface area contributed by atoms with Crippen LogP contribution in [0.2, 0.25) is 0 Å². The second-order valence-corrected chi connectivity index (χ2v) is 5.63. The lowest BCUT2D eigenvalue weighted by Crippen LogP contribution is -2.05. The van der Waals surface area contributed by atoms with Crippen molar-refractivity contribution in [2.45, 2.75) is 32.0 Å². The minimum atomic E-state index is -0.779. The van der Waals surface area contributed by atoms with Crippen molar-refractivity contribution in [3.05, 3.63) is 58.7 Å². The van der Waals surface area contributed by atoms with Gasteiger partial charge in [0.25, 0.3) is 0 Å². The smallest absolute Gasteiger partial charge is 0.138 e. The van der Waals surface area contributed by atoms with Gasteiger partial charge in [0.15, 0.2) is 0 Å². The Morgan fingerprint density at radius 1 is 1.17 bits per heavy atom. The number of hydrogen-bond acceptors (Lipinski definition) is 3. The normalized spacial score (nSPS) is 13.9. The van der Waals surface area contributed by atoms with Gasteiger partial charge in [-0.1, -0.05) is 12.1 Å². The van der Waals surface area contributed by atoms with Crippen molar-refractivity contribution in [1.29, 1.82) is 0 Å². The number of ether oxygens (including phenoxy) is 2. The first kappa shape index (κ1) is 15.7. The van der Waals surface area contributed by atoms with Crippen molar-refractivity contribution in [3.8, 4) is 11.5 Å². The number of aliphatic hydroxyl groups excluding tert-OH is 1. The van der Waals surface area contributed by atoms with Gasteiger partial charge in [-0.25, -0.2) is 8.78 Å². The topological polar surface area (TPSA) is 38.7 Å². The van der Waals surface area contributed by atoms with Crippen LogP contribution in [0.5, 0.6) is 11.5 Å². The predicted molar refractivity (Wildman–Crippen MR) is 81.6 cm³/mol. The van der Waals surface area contributed by atoms with Gasteiger partial charge >= 0.3 is 0 Å². The van der Waals surface area contributed by atoms with E-state index in [2.05, 4.69) is 0 Å². The van der Waals surface area contributed by atoms with Gasteiger partial charge in [-0.2, -0.15) is 0 Å². The first-order chi connectivity index (χ1) is 11.1. The van der Waals surface area contributed by atoms with Crippen LogP contribution in [0.15, 0.2) is 30.3 Å². The minimum absolute atomic E-state index is 0.0479. The molecular formula is C18H18F2O3. The van der Waals surface area contributed by atoms with Gasteiger partial charge in [0, 0.05) is 17.2 Å². The summed E-state index contributed by atoms with van der Waals surface area (Å²) >= 11 is 0. The van der Waals surface area contributed by atoms with Gasteiger partial charge in [0.05, 0.1) is 13.7 Å². The Balaban J connectivity index is 1.84. The first-order valence-electron chi connectivity index (χ1n) is 7.51. The highest BCUT2D eigenvalue weighted by molar-refractivity contribution is 5.44. The molecule has 1 aliphatic carbocycles. The molecule has 0 aromatic heterocycles. The number of benzene rings is 2. The van der Waals surface area contributed by atoms with Crippen molar-refractivity contribution >= 4 is 0 Å². The second kappa shape index (κ2) is 6.54. The van der Waals surface area contributed by atoms with Gasteiger partial charge in [-0.05, 0) is 36.5 Å². The number of rotatable bonds is 6. The Hall–Kier alpha value is -2.14. The van der Waals surface area contributed by atoms with Gasteiger partial charge < -0.3 is 14.6 Å². The van der Waals surface area contributed by atoms with Crippen LogP contribution in [0.1, 0.15) is 35.4 Å². The summed E-state index contributed by atoms with van der Waals surface area (Å²) in [6.45, 7) is -0.447. The minimum Gasteiger partial charge on any atom is -0.497 e. The van der Waals surface area contributed by atoms with Gasteiger partial charge in [0.1, 0.15) is 29.7 Å². The Morgan fingerprint density at radius 3 is 2.43 bits per heavy atom. The molecule has 1 fully saturated rings. The summed E-state index contributed by atoms with van der Waals surface area (Å²) in [5.74, 6) is -0.460. The standard InChI is InChI=1S/C18H18F2O3/c1-22-13-6-2-11(3-7-13)10-23-16-8-15(19)14(9-21)18(20)17(16)12-4-5-12/h2-3,6-8,12,21H,4-5,9-10H2,1H3. The van der Waals surface area contributed by atoms with E-state index in [1.165, 1.54) is 6.07 Å². The van der Waals surface area contributed by atoms with Crippen LogP contribution in [0, 0.1) is 11.6 Å². The maximum Gasteiger partial charge on any atom is 0.138 e. The van der Waals surface area contributed by atoms with Gasteiger partial charge in [-0.15, -0.1) is 0 Å². The number of aliphatic hydroxyl groups is 1. The zero-order valence-electron chi connectivity index (χ0n) is 12.8. The largest absolute Gasteiger partial charge is 0.497 e. The molecule has 2 aromatic rings. The monoisotopic (exact) mass is 320 g/mol. The average molecular weight is 320 g/mol. The molecule has 1 saturated carbocycles. The molecule has 3 rings (SSSR count). The Morgan fingerprint density at radius 2 is 1.87 bits per heavy atom. The molecule has 5 heteroatoms. The molecule has 0 heterocycles. The fourth-order valence-corrected chi connectivity index (χ4v) is 2.56. The highest BCUT2D eigenvalue weighted by atomic mass is 19.1. The molecule has 0 atom stereocenters. The molecule has 2 aromatic carbocycles. The Bertz CT molecular complexity index is 694. The lowest BCUT2D eigenvalue weighted by atomic mass is 10.0. The summed E-state index contributed by atoms with van der Waals surface area (Å²) in [6.07, 6.45) is 1.71. The zero-order valence-corrected chi connectivity index (χ0v) is 12.8. The van der Waals surface area contributed by atoms with Gasteiger partial charge in [-0.3, -0.25) is 0 Å². The van der Waals surface area contributed by atoms with Crippen LogP contribution in [0.3, 0.4) is 0 Å². The predicted octanol–water partition coefficient (Wildman–Crippen LogP) is 3.92. The lowest BCUT2D eigenvalue weighted by Gasteiger charge is -2.15. The third-order valence-corrected chi connectivity index (χ3v) is 4.01. The van der Waals surface area contributed by atoms with E-state index in [4.69, 9.17) is 14.6 Å². The molecule has 0 aliphatic heterocycles. The first-order valence-corrected chi connectivity index (χ1v) is 7.51. The van der Waals surface area contributed by atoms with Crippen molar-refractivity contribution in [1.82, 2.24) is 0 Å². The summed E-state index contributed by atoms with van der Waals surface area (Å²) in [6, 6.07) is 8.45. The van der Waals surface area contributed by atoms with E-state index in [0.717, 1.165) is 24.2 Å². The number of halogens is 2. The molecule has 1 N–H and O–H groups in total. The fraction of sp³-hybridized carbons (Fsp3) is 0.333. The van der Waals surface area contributed by atoms with Crippen LogP contribution in [-0.2, 0) is 13.2 Å². The molecule has 0 radical (unpaired) electrons. The van der Waals surface area contributed by atoms with Crippen molar-refractivity contribution in [2.75, 3.05) is 7.11 Å². The van der Waals surface area contributed by atoms with Crippen LogP contribution in [0.25, 0.3) is 0 Å². The van der Waals surface area contributed by atoms with Gasteiger partial charge in [0.2, 0.25) is 0 Å². The molecule has 23 heavy (non-hydrogen) atoms. The zero-order chi connectivity index (χ0) is 16.4.